The summed E-state index contributed by atoms with van der Waals surface area (Å²) in [6.07, 6.45) is -0.901. The predicted octanol–water partition coefficient (Wildman–Crippen LogP) is 3.73. The van der Waals surface area contributed by atoms with Gasteiger partial charge >= 0.3 is 6.09 Å². The van der Waals surface area contributed by atoms with Crippen LogP contribution in [-0.2, 0) is 10.0 Å². The second-order valence-corrected chi connectivity index (χ2v) is 8.68. The zero-order chi connectivity index (χ0) is 22.0. The maximum atomic E-state index is 12.7. The second-order valence-electron chi connectivity index (χ2n) is 6.96. The van der Waals surface area contributed by atoms with Crippen LogP contribution in [0.15, 0.2) is 77.7 Å². The molecule has 1 amide bonds. The Morgan fingerprint density at radius 2 is 1.77 bits per heavy atom. The van der Waals surface area contributed by atoms with E-state index in [4.69, 9.17) is 10.5 Å². The molecule has 0 fully saturated rings. The van der Waals surface area contributed by atoms with Crippen LogP contribution in [0.4, 0.5) is 4.79 Å². The number of nitrogens with two attached hydrogens (primary N) is 1. The van der Waals surface area contributed by atoms with Crippen LogP contribution in [0.3, 0.4) is 0 Å². The summed E-state index contributed by atoms with van der Waals surface area (Å²) in [5.41, 5.74) is 7.95. The van der Waals surface area contributed by atoms with E-state index in [0.29, 0.717) is 16.9 Å². The smallest absolute Gasteiger partial charge is 0.409 e. The molecule has 31 heavy (non-hydrogen) atoms. The number of carbonyl (C=O) groups is 1. The molecule has 9 heteroatoms. The molecule has 1 atom stereocenters. The number of carbonyl (C=O) groups excluding carboxylic acids is 1. The fourth-order valence-corrected chi connectivity index (χ4v) is 4.44. The van der Waals surface area contributed by atoms with Gasteiger partial charge in [0.1, 0.15) is 11.6 Å². The number of H-pyrrole nitrogens is 1. The third kappa shape index (κ3) is 4.57. The largest absolute Gasteiger partial charge is 0.410 e. The highest BCUT2D eigenvalue weighted by Crippen LogP contribution is 2.25. The monoisotopic (exact) mass is 436 g/mol. The van der Waals surface area contributed by atoms with E-state index >= 15 is 0 Å². The first-order valence-corrected chi connectivity index (χ1v) is 10.9. The first-order chi connectivity index (χ1) is 14.8. The molecule has 4 aromatic rings. The fourth-order valence-electron chi connectivity index (χ4n) is 3.20. The zero-order valence-electron chi connectivity index (χ0n) is 16.6. The molecule has 0 radical (unpaired) electrons. The van der Waals surface area contributed by atoms with Crippen LogP contribution in [0.5, 0.6) is 5.75 Å². The van der Waals surface area contributed by atoms with Crippen LogP contribution in [0.2, 0.25) is 0 Å². The fraction of sp³-hybridized carbons (Fsp3) is 0.0909. The lowest BCUT2D eigenvalue weighted by Gasteiger charge is -2.14. The average molecular weight is 436 g/mol. The highest BCUT2D eigenvalue weighted by atomic mass is 32.2. The van der Waals surface area contributed by atoms with Gasteiger partial charge in [0.05, 0.1) is 15.9 Å². The molecule has 1 unspecified atom stereocenters. The number of rotatable bonds is 6. The normalized spacial score (nSPS) is 12.5. The Hall–Kier alpha value is -3.69. The van der Waals surface area contributed by atoms with Gasteiger partial charge in [-0.1, -0.05) is 30.3 Å². The number of fused-ring (bicyclic) bond motifs is 1. The van der Waals surface area contributed by atoms with Gasteiger partial charge in [-0.25, -0.2) is 22.9 Å². The van der Waals surface area contributed by atoms with Gasteiger partial charge in [0.15, 0.2) is 0 Å². The topological polar surface area (TPSA) is 127 Å². The van der Waals surface area contributed by atoms with Crippen LogP contribution in [0.1, 0.15) is 18.5 Å². The van der Waals surface area contributed by atoms with E-state index in [9.17, 15) is 13.2 Å². The third-order valence-electron chi connectivity index (χ3n) is 4.74. The van der Waals surface area contributed by atoms with Crippen molar-refractivity contribution in [2.24, 2.45) is 5.73 Å². The van der Waals surface area contributed by atoms with E-state index in [1.54, 1.807) is 37.3 Å². The molecular weight excluding hydrogens is 416 g/mol. The summed E-state index contributed by atoms with van der Waals surface area (Å²) >= 11 is 0. The van der Waals surface area contributed by atoms with Crippen molar-refractivity contribution in [1.82, 2.24) is 14.7 Å². The van der Waals surface area contributed by atoms with Gasteiger partial charge < -0.3 is 15.5 Å². The molecule has 3 aromatic carbocycles. The van der Waals surface area contributed by atoms with E-state index in [1.807, 2.05) is 30.3 Å². The summed E-state index contributed by atoms with van der Waals surface area (Å²) in [7, 11) is -3.69. The van der Waals surface area contributed by atoms with Crippen molar-refractivity contribution < 1.29 is 17.9 Å². The minimum atomic E-state index is -3.69. The first kappa shape index (κ1) is 20.6. The summed E-state index contributed by atoms with van der Waals surface area (Å²) in [4.78, 5) is 18.7. The molecule has 0 aliphatic rings. The molecule has 158 valence electrons. The van der Waals surface area contributed by atoms with Crippen LogP contribution in [-0.4, -0.2) is 24.5 Å². The van der Waals surface area contributed by atoms with Crippen molar-refractivity contribution in [2.75, 3.05) is 0 Å². The number of aromatic amines is 1. The number of hydrogen-bond donors (Lipinski definition) is 3. The minimum Gasteiger partial charge on any atom is -0.410 e. The molecular formula is C22H20N4O4S. The first-order valence-electron chi connectivity index (χ1n) is 9.46. The van der Waals surface area contributed by atoms with Crippen LogP contribution < -0.4 is 15.2 Å². The zero-order valence-corrected chi connectivity index (χ0v) is 17.4. The number of ether oxygens (including phenoxy) is 1. The molecule has 0 aliphatic carbocycles. The Morgan fingerprint density at radius 3 is 2.45 bits per heavy atom. The van der Waals surface area contributed by atoms with Gasteiger partial charge in [-0.05, 0) is 48.9 Å². The van der Waals surface area contributed by atoms with E-state index in [-0.39, 0.29) is 16.7 Å². The molecule has 1 aromatic heterocycles. The molecule has 0 bridgehead atoms. The number of benzene rings is 3. The van der Waals surface area contributed by atoms with E-state index < -0.39 is 16.1 Å². The summed E-state index contributed by atoms with van der Waals surface area (Å²) in [6, 6.07) is 20.3. The quantitative estimate of drug-likeness (QED) is 0.424. The van der Waals surface area contributed by atoms with Gasteiger partial charge in [-0.15, -0.1) is 0 Å². The van der Waals surface area contributed by atoms with Crippen molar-refractivity contribution in [1.29, 1.82) is 0 Å². The van der Waals surface area contributed by atoms with Crippen molar-refractivity contribution in [3.8, 4) is 17.1 Å². The Morgan fingerprint density at radius 1 is 1.06 bits per heavy atom. The third-order valence-corrected chi connectivity index (χ3v) is 6.30. The molecule has 0 aliphatic heterocycles. The van der Waals surface area contributed by atoms with Gasteiger partial charge in [-0.3, -0.25) is 0 Å². The minimum absolute atomic E-state index is 0.160. The standard InChI is InChI=1S/C22H20N4O4S/c1-14(15-5-3-2-4-6-15)26-31(28,29)18-10-7-16(8-11-18)21-24-19-12-9-17(30-22(23)27)13-20(19)25-21/h2-14,26H,1H3,(H2,23,27)(H,24,25). The van der Waals surface area contributed by atoms with Crippen LogP contribution in [0, 0.1) is 0 Å². The number of hydrogen-bond acceptors (Lipinski definition) is 5. The highest BCUT2D eigenvalue weighted by Gasteiger charge is 2.18. The number of amides is 1. The van der Waals surface area contributed by atoms with E-state index in [1.165, 1.54) is 12.1 Å². The summed E-state index contributed by atoms with van der Waals surface area (Å²) in [5.74, 6) is 0.846. The van der Waals surface area contributed by atoms with Crippen molar-refractivity contribution in [3.63, 3.8) is 0 Å². The number of imidazole rings is 1. The SMILES string of the molecule is CC(NS(=O)(=O)c1ccc(-c2nc3cc(OC(N)=O)ccc3[nH]2)cc1)c1ccccc1. The number of primary amides is 1. The van der Waals surface area contributed by atoms with Crippen LogP contribution in [0.25, 0.3) is 22.4 Å². The molecule has 0 saturated heterocycles. The molecule has 0 spiro atoms. The van der Waals surface area contributed by atoms with Gasteiger partial charge in [-0.2, -0.15) is 0 Å². The Bertz CT molecular complexity index is 1330. The van der Waals surface area contributed by atoms with E-state index in [0.717, 1.165) is 11.1 Å². The van der Waals surface area contributed by atoms with E-state index in [2.05, 4.69) is 14.7 Å². The van der Waals surface area contributed by atoms with Crippen molar-refractivity contribution >= 4 is 27.1 Å². The summed E-state index contributed by atoms with van der Waals surface area (Å²) < 4.78 is 33.0. The Balaban J connectivity index is 1.55. The summed E-state index contributed by atoms with van der Waals surface area (Å²) in [6.45, 7) is 1.80. The second kappa shape index (κ2) is 8.21. The molecule has 0 saturated carbocycles. The lowest BCUT2D eigenvalue weighted by atomic mass is 10.1. The maximum absolute atomic E-state index is 12.7. The summed E-state index contributed by atoms with van der Waals surface area (Å²) in [5, 5.41) is 0. The number of nitrogens with one attached hydrogen (secondary N) is 2. The number of sulfonamides is 1. The molecule has 1 heterocycles. The predicted molar refractivity (Wildman–Crippen MR) is 117 cm³/mol. The number of aromatic nitrogens is 2. The van der Waals surface area contributed by atoms with Crippen molar-refractivity contribution in [3.05, 3.63) is 78.4 Å². The molecule has 8 nitrogen and oxygen atoms in total. The lowest BCUT2D eigenvalue weighted by molar-refractivity contribution is 0.211. The van der Waals surface area contributed by atoms with Gasteiger partial charge in [0.25, 0.3) is 0 Å². The van der Waals surface area contributed by atoms with Crippen LogP contribution >= 0.6 is 0 Å². The lowest BCUT2D eigenvalue weighted by Crippen LogP contribution is -2.26. The Labute approximate surface area is 179 Å². The Kier molecular flexibility index (Phi) is 5.45. The molecule has 4 N–H and O–H groups in total. The van der Waals surface area contributed by atoms with Gasteiger partial charge in [0, 0.05) is 17.7 Å². The number of nitrogens with zero attached hydrogens (tertiary/aromatic N) is 1. The average Bonchev–Trinajstić information content (AvgIpc) is 3.17. The highest BCUT2D eigenvalue weighted by molar-refractivity contribution is 7.89. The molecule has 4 rings (SSSR count). The van der Waals surface area contributed by atoms with Gasteiger partial charge in [0.2, 0.25) is 10.0 Å². The maximum Gasteiger partial charge on any atom is 0.409 e. The van der Waals surface area contributed by atoms with Crippen molar-refractivity contribution in [2.45, 2.75) is 17.9 Å².